The number of halogens is 1. The third-order valence-corrected chi connectivity index (χ3v) is 3.86. The van der Waals surface area contributed by atoms with Gasteiger partial charge in [-0.2, -0.15) is 0 Å². The minimum absolute atomic E-state index is 0.317. The van der Waals surface area contributed by atoms with Gasteiger partial charge in [0.05, 0.1) is 4.47 Å². The molecule has 0 amide bonds. The van der Waals surface area contributed by atoms with Gasteiger partial charge in [0.25, 0.3) is 0 Å². The molecule has 13 heavy (non-hydrogen) atoms. The Labute approximate surface area is 89.1 Å². The Hall–Kier alpha value is -0.540. The molecule has 0 saturated carbocycles. The molecule has 0 bridgehead atoms. The second-order valence-corrected chi connectivity index (χ2v) is 4.93. The number of phenols is 1. The van der Waals surface area contributed by atoms with Crippen molar-refractivity contribution in [3.05, 3.63) is 27.5 Å². The lowest BCUT2D eigenvalue weighted by molar-refractivity contribution is 0.473. The molecular weight excluding hydrogens is 248 g/mol. The van der Waals surface area contributed by atoms with E-state index in [9.17, 15) is 5.11 Å². The smallest absolute Gasteiger partial charge is 0.131 e. The van der Waals surface area contributed by atoms with Gasteiger partial charge in [-0.1, -0.05) is 6.92 Å². The van der Waals surface area contributed by atoms with E-state index in [1.165, 1.54) is 10.3 Å². The molecule has 2 aromatic rings. The van der Waals surface area contributed by atoms with Crippen LogP contribution in [-0.4, -0.2) is 5.11 Å². The highest BCUT2D eigenvalue weighted by molar-refractivity contribution is 9.10. The summed E-state index contributed by atoms with van der Waals surface area (Å²) in [6, 6.07) is 5.94. The molecule has 0 fully saturated rings. The third kappa shape index (κ3) is 1.58. The van der Waals surface area contributed by atoms with Gasteiger partial charge in [0.2, 0.25) is 0 Å². The molecule has 68 valence electrons. The average Bonchev–Trinajstić information content (AvgIpc) is 2.48. The SMILES string of the molecule is CCc1cc2cc(Br)c(O)cc2s1. The van der Waals surface area contributed by atoms with E-state index in [0.29, 0.717) is 5.75 Å². The van der Waals surface area contributed by atoms with Crippen LogP contribution < -0.4 is 0 Å². The second kappa shape index (κ2) is 3.31. The van der Waals surface area contributed by atoms with Crippen LogP contribution in [0.5, 0.6) is 5.75 Å². The van der Waals surface area contributed by atoms with Crippen molar-refractivity contribution in [3.8, 4) is 5.75 Å². The molecule has 1 nitrogen and oxygen atoms in total. The van der Waals surface area contributed by atoms with Crippen LogP contribution in [0.15, 0.2) is 22.7 Å². The normalized spacial score (nSPS) is 10.9. The summed E-state index contributed by atoms with van der Waals surface area (Å²) in [6.45, 7) is 2.14. The number of fused-ring (bicyclic) bond motifs is 1. The molecule has 0 atom stereocenters. The Morgan fingerprint density at radius 1 is 1.38 bits per heavy atom. The Morgan fingerprint density at radius 2 is 2.15 bits per heavy atom. The number of aryl methyl sites for hydroxylation is 1. The van der Waals surface area contributed by atoms with Gasteiger partial charge < -0.3 is 5.11 Å². The summed E-state index contributed by atoms with van der Waals surface area (Å²) in [7, 11) is 0. The number of hydrogen-bond acceptors (Lipinski definition) is 2. The van der Waals surface area contributed by atoms with E-state index in [1.807, 2.05) is 12.1 Å². The van der Waals surface area contributed by atoms with E-state index in [0.717, 1.165) is 15.6 Å². The minimum Gasteiger partial charge on any atom is -0.507 e. The maximum atomic E-state index is 9.46. The quantitative estimate of drug-likeness (QED) is 0.820. The highest BCUT2D eigenvalue weighted by atomic mass is 79.9. The van der Waals surface area contributed by atoms with Gasteiger partial charge in [0.1, 0.15) is 5.75 Å². The van der Waals surface area contributed by atoms with Crippen molar-refractivity contribution in [1.82, 2.24) is 0 Å². The van der Waals surface area contributed by atoms with Gasteiger partial charge in [0, 0.05) is 9.58 Å². The van der Waals surface area contributed by atoms with Crippen molar-refractivity contribution in [2.45, 2.75) is 13.3 Å². The van der Waals surface area contributed by atoms with Gasteiger partial charge in [-0.25, -0.2) is 0 Å². The Balaban J connectivity index is 2.70. The molecule has 3 heteroatoms. The van der Waals surface area contributed by atoms with Gasteiger partial charge in [-0.05, 0) is 45.9 Å². The zero-order chi connectivity index (χ0) is 9.42. The topological polar surface area (TPSA) is 20.2 Å². The van der Waals surface area contributed by atoms with Crippen LogP contribution in [0, 0.1) is 0 Å². The summed E-state index contributed by atoms with van der Waals surface area (Å²) in [5, 5.41) is 10.7. The maximum absolute atomic E-state index is 9.46. The van der Waals surface area contributed by atoms with Crippen LogP contribution in [0.1, 0.15) is 11.8 Å². The molecule has 0 aliphatic heterocycles. The lowest BCUT2D eigenvalue weighted by Crippen LogP contribution is -1.67. The fraction of sp³-hybridized carbons (Fsp3) is 0.200. The van der Waals surface area contributed by atoms with E-state index in [2.05, 4.69) is 28.9 Å². The number of rotatable bonds is 1. The van der Waals surface area contributed by atoms with E-state index in [-0.39, 0.29) is 0 Å². The first-order valence-electron chi connectivity index (χ1n) is 4.11. The van der Waals surface area contributed by atoms with E-state index in [1.54, 1.807) is 11.3 Å². The van der Waals surface area contributed by atoms with Crippen LogP contribution in [-0.2, 0) is 6.42 Å². The fourth-order valence-electron chi connectivity index (χ4n) is 1.28. The first kappa shape index (κ1) is 9.03. The van der Waals surface area contributed by atoms with E-state index < -0.39 is 0 Å². The summed E-state index contributed by atoms with van der Waals surface area (Å²) in [6.07, 6.45) is 1.05. The predicted octanol–water partition coefficient (Wildman–Crippen LogP) is 3.93. The van der Waals surface area contributed by atoms with Crippen LogP contribution in [0.4, 0.5) is 0 Å². The number of aromatic hydroxyl groups is 1. The third-order valence-electron chi connectivity index (χ3n) is 1.99. The van der Waals surface area contributed by atoms with Crippen molar-refractivity contribution in [3.63, 3.8) is 0 Å². The molecule has 0 radical (unpaired) electrons. The van der Waals surface area contributed by atoms with Crippen molar-refractivity contribution >= 4 is 37.4 Å². The lowest BCUT2D eigenvalue weighted by atomic mass is 10.2. The van der Waals surface area contributed by atoms with Gasteiger partial charge in [-0.3, -0.25) is 0 Å². The van der Waals surface area contributed by atoms with Crippen LogP contribution >= 0.6 is 27.3 Å². The summed E-state index contributed by atoms with van der Waals surface area (Å²) < 4.78 is 1.91. The highest BCUT2D eigenvalue weighted by Gasteiger charge is 2.04. The molecule has 1 N–H and O–H groups in total. The van der Waals surface area contributed by atoms with E-state index >= 15 is 0 Å². The van der Waals surface area contributed by atoms with Gasteiger partial charge >= 0.3 is 0 Å². The Kier molecular flexibility index (Phi) is 2.30. The van der Waals surface area contributed by atoms with E-state index in [4.69, 9.17) is 0 Å². The van der Waals surface area contributed by atoms with Crippen LogP contribution in [0.2, 0.25) is 0 Å². The standard InChI is InChI=1S/C10H9BrOS/c1-2-7-3-6-4-8(11)9(12)5-10(6)13-7/h3-5,12H,2H2,1H3. The molecule has 0 unspecified atom stereocenters. The summed E-state index contributed by atoms with van der Waals surface area (Å²) in [5.41, 5.74) is 0. The van der Waals surface area contributed by atoms with Crippen LogP contribution in [0.3, 0.4) is 0 Å². The largest absolute Gasteiger partial charge is 0.507 e. The van der Waals surface area contributed by atoms with Crippen LogP contribution in [0.25, 0.3) is 10.1 Å². The number of phenolic OH excluding ortho intramolecular Hbond substituents is 1. The zero-order valence-corrected chi connectivity index (χ0v) is 9.58. The van der Waals surface area contributed by atoms with Crippen molar-refractivity contribution in [2.75, 3.05) is 0 Å². The number of benzene rings is 1. The van der Waals surface area contributed by atoms with Gasteiger partial charge in [0.15, 0.2) is 0 Å². The van der Waals surface area contributed by atoms with Gasteiger partial charge in [-0.15, -0.1) is 11.3 Å². The Morgan fingerprint density at radius 3 is 2.85 bits per heavy atom. The lowest BCUT2D eigenvalue weighted by Gasteiger charge is -1.95. The average molecular weight is 257 g/mol. The molecular formula is C10H9BrOS. The van der Waals surface area contributed by atoms with Crippen molar-refractivity contribution in [2.24, 2.45) is 0 Å². The molecule has 1 aromatic heterocycles. The molecule has 0 saturated heterocycles. The highest BCUT2D eigenvalue weighted by Crippen LogP contribution is 2.34. The fourth-order valence-corrected chi connectivity index (χ4v) is 2.66. The summed E-state index contributed by atoms with van der Waals surface area (Å²) in [5.74, 6) is 0.317. The first-order chi connectivity index (χ1) is 6.20. The molecule has 0 spiro atoms. The second-order valence-electron chi connectivity index (χ2n) is 2.91. The molecule has 1 aromatic carbocycles. The Bertz CT molecular complexity index is 408. The molecule has 0 aliphatic carbocycles. The molecule has 0 aliphatic rings. The summed E-state index contributed by atoms with van der Waals surface area (Å²) >= 11 is 5.04. The minimum atomic E-state index is 0.317. The summed E-state index contributed by atoms with van der Waals surface area (Å²) in [4.78, 5) is 1.35. The number of thiophene rings is 1. The maximum Gasteiger partial charge on any atom is 0.131 e. The zero-order valence-electron chi connectivity index (χ0n) is 7.17. The first-order valence-corrected chi connectivity index (χ1v) is 5.72. The van der Waals surface area contributed by atoms with Crippen molar-refractivity contribution in [1.29, 1.82) is 0 Å². The van der Waals surface area contributed by atoms with Crippen molar-refractivity contribution < 1.29 is 5.11 Å². The molecule has 1 heterocycles. The predicted molar refractivity (Wildman–Crippen MR) is 60.6 cm³/mol. The molecule has 2 rings (SSSR count). The monoisotopic (exact) mass is 256 g/mol. The number of hydrogen-bond donors (Lipinski definition) is 1.